The standard InChI is InChI=1S/C12H25N3O/c1-9(2)6-15-8-10(3)7-14(4)11(5-13)12(15)16/h9-11H,5-8,13H2,1-4H3. The van der Waals surface area contributed by atoms with Crippen molar-refractivity contribution in [1.82, 2.24) is 9.80 Å². The van der Waals surface area contributed by atoms with Gasteiger partial charge >= 0.3 is 0 Å². The van der Waals surface area contributed by atoms with Crippen molar-refractivity contribution in [2.75, 3.05) is 33.2 Å². The lowest BCUT2D eigenvalue weighted by Gasteiger charge is -2.28. The zero-order chi connectivity index (χ0) is 12.3. The summed E-state index contributed by atoms with van der Waals surface area (Å²) in [6, 6.07) is -0.135. The first kappa shape index (κ1) is 13.5. The number of likely N-dealkylation sites (N-methyl/N-ethyl adjacent to an activating group) is 1. The van der Waals surface area contributed by atoms with Crippen molar-refractivity contribution in [2.24, 2.45) is 17.6 Å². The van der Waals surface area contributed by atoms with Gasteiger partial charge in [0.1, 0.15) is 6.04 Å². The van der Waals surface area contributed by atoms with Crippen LogP contribution in [-0.2, 0) is 4.79 Å². The minimum Gasteiger partial charge on any atom is -0.341 e. The van der Waals surface area contributed by atoms with Crippen LogP contribution in [0.15, 0.2) is 0 Å². The molecule has 0 spiro atoms. The average molecular weight is 227 g/mol. The van der Waals surface area contributed by atoms with E-state index in [2.05, 4.69) is 25.7 Å². The molecule has 1 aliphatic rings. The van der Waals surface area contributed by atoms with Gasteiger partial charge in [0.2, 0.25) is 5.91 Å². The van der Waals surface area contributed by atoms with Gasteiger partial charge < -0.3 is 10.6 Å². The number of rotatable bonds is 3. The average Bonchev–Trinajstić information content (AvgIpc) is 2.24. The highest BCUT2D eigenvalue weighted by Gasteiger charge is 2.32. The van der Waals surface area contributed by atoms with E-state index in [4.69, 9.17) is 5.73 Å². The molecule has 16 heavy (non-hydrogen) atoms. The quantitative estimate of drug-likeness (QED) is 0.758. The predicted molar refractivity (Wildman–Crippen MR) is 66.1 cm³/mol. The van der Waals surface area contributed by atoms with Gasteiger partial charge in [-0.15, -0.1) is 0 Å². The molecule has 1 heterocycles. The summed E-state index contributed by atoms with van der Waals surface area (Å²) in [7, 11) is 1.99. The minimum absolute atomic E-state index is 0.135. The molecule has 0 aromatic rings. The molecular weight excluding hydrogens is 202 g/mol. The maximum Gasteiger partial charge on any atom is 0.241 e. The maximum atomic E-state index is 12.3. The first-order chi connectivity index (χ1) is 7.45. The predicted octanol–water partition coefficient (Wildman–Crippen LogP) is 0.380. The van der Waals surface area contributed by atoms with Crippen LogP contribution >= 0.6 is 0 Å². The maximum absolute atomic E-state index is 12.3. The number of nitrogens with two attached hydrogens (primary N) is 1. The van der Waals surface area contributed by atoms with Gasteiger partial charge in [-0.05, 0) is 18.9 Å². The molecule has 2 unspecified atom stereocenters. The molecule has 1 amide bonds. The van der Waals surface area contributed by atoms with E-state index in [0.29, 0.717) is 18.4 Å². The summed E-state index contributed by atoms with van der Waals surface area (Å²) in [4.78, 5) is 16.3. The lowest BCUT2D eigenvalue weighted by molar-refractivity contribution is -0.135. The van der Waals surface area contributed by atoms with Gasteiger partial charge in [-0.2, -0.15) is 0 Å². The van der Waals surface area contributed by atoms with Gasteiger partial charge in [-0.3, -0.25) is 9.69 Å². The van der Waals surface area contributed by atoms with Crippen LogP contribution in [0.5, 0.6) is 0 Å². The SMILES string of the molecule is CC(C)CN1CC(C)CN(C)C(CN)C1=O. The first-order valence-electron chi connectivity index (χ1n) is 6.14. The number of hydrogen-bond acceptors (Lipinski definition) is 3. The van der Waals surface area contributed by atoms with E-state index in [0.717, 1.165) is 19.6 Å². The van der Waals surface area contributed by atoms with Gasteiger partial charge in [0.25, 0.3) is 0 Å². The van der Waals surface area contributed by atoms with E-state index in [1.54, 1.807) is 0 Å². The van der Waals surface area contributed by atoms with Crippen molar-refractivity contribution in [1.29, 1.82) is 0 Å². The smallest absolute Gasteiger partial charge is 0.241 e. The molecule has 0 saturated carbocycles. The molecule has 4 heteroatoms. The Labute approximate surface area is 98.8 Å². The fourth-order valence-electron chi connectivity index (χ4n) is 2.43. The van der Waals surface area contributed by atoms with Crippen LogP contribution in [0.3, 0.4) is 0 Å². The van der Waals surface area contributed by atoms with Gasteiger partial charge in [0.05, 0.1) is 0 Å². The number of amides is 1. The van der Waals surface area contributed by atoms with E-state index < -0.39 is 0 Å². The summed E-state index contributed by atoms with van der Waals surface area (Å²) < 4.78 is 0. The Bertz CT molecular complexity index is 242. The monoisotopic (exact) mass is 227 g/mol. The zero-order valence-corrected chi connectivity index (χ0v) is 10.9. The van der Waals surface area contributed by atoms with E-state index in [1.165, 1.54) is 0 Å². The molecule has 0 aliphatic carbocycles. The number of nitrogens with zero attached hydrogens (tertiary/aromatic N) is 2. The Kier molecular flexibility index (Phi) is 4.74. The number of hydrogen-bond donors (Lipinski definition) is 1. The summed E-state index contributed by atoms with van der Waals surface area (Å²) in [5.41, 5.74) is 5.70. The van der Waals surface area contributed by atoms with Crippen LogP contribution in [0.2, 0.25) is 0 Å². The third-order valence-electron chi connectivity index (χ3n) is 3.07. The summed E-state index contributed by atoms with van der Waals surface area (Å²) in [5.74, 6) is 1.23. The van der Waals surface area contributed by atoms with Crippen LogP contribution in [0.4, 0.5) is 0 Å². The second kappa shape index (κ2) is 5.64. The molecule has 0 bridgehead atoms. The minimum atomic E-state index is -0.135. The molecular formula is C12H25N3O. The van der Waals surface area contributed by atoms with E-state index >= 15 is 0 Å². The highest BCUT2D eigenvalue weighted by molar-refractivity contribution is 5.82. The van der Waals surface area contributed by atoms with E-state index in [9.17, 15) is 4.79 Å². The van der Waals surface area contributed by atoms with Crippen LogP contribution in [0.25, 0.3) is 0 Å². The Hall–Kier alpha value is -0.610. The molecule has 1 rings (SSSR count). The van der Waals surface area contributed by atoms with E-state index in [-0.39, 0.29) is 11.9 Å². The lowest BCUT2D eigenvalue weighted by Crippen LogP contribution is -2.49. The topological polar surface area (TPSA) is 49.6 Å². The molecule has 1 saturated heterocycles. The van der Waals surface area contributed by atoms with Gasteiger partial charge in [-0.25, -0.2) is 0 Å². The molecule has 0 radical (unpaired) electrons. The second-order valence-electron chi connectivity index (χ2n) is 5.43. The number of carbonyl (C=O) groups excluding carboxylic acids is 1. The second-order valence-corrected chi connectivity index (χ2v) is 5.43. The van der Waals surface area contributed by atoms with Crippen molar-refractivity contribution in [3.8, 4) is 0 Å². The molecule has 0 aromatic carbocycles. The van der Waals surface area contributed by atoms with Gasteiger partial charge in [0, 0.05) is 26.2 Å². The normalized spacial score (nSPS) is 28.6. The van der Waals surface area contributed by atoms with Gasteiger partial charge in [-0.1, -0.05) is 20.8 Å². The summed E-state index contributed by atoms with van der Waals surface area (Å²) in [6.45, 7) is 9.54. The Balaban J connectivity index is 2.79. The summed E-state index contributed by atoms with van der Waals surface area (Å²) in [6.07, 6.45) is 0. The Morgan fingerprint density at radius 1 is 1.44 bits per heavy atom. The first-order valence-corrected chi connectivity index (χ1v) is 6.14. The molecule has 2 atom stereocenters. The Morgan fingerprint density at radius 2 is 2.06 bits per heavy atom. The lowest BCUT2D eigenvalue weighted by atomic mass is 10.1. The van der Waals surface area contributed by atoms with Crippen LogP contribution in [0, 0.1) is 11.8 Å². The van der Waals surface area contributed by atoms with Crippen molar-refractivity contribution in [2.45, 2.75) is 26.8 Å². The molecule has 0 aromatic heterocycles. The van der Waals surface area contributed by atoms with Crippen molar-refractivity contribution >= 4 is 5.91 Å². The third-order valence-corrected chi connectivity index (χ3v) is 3.07. The molecule has 1 fully saturated rings. The van der Waals surface area contributed by atoms with Crippen LogP contribution in [0.1, 0.15) is 20.8 Å². The van der Waals surface area contributed by atoms with Crippen LogP contribution < -0.4 is 5.73 Å². The van der Waals surface area contributed by atoms with Crippen molar-refractivity contribution in [3.05, 3.63) is 0 Å². The molecule has 94 valence electrons. The molecule has 1 aliphatic heterocycles. The molecule has 4 nitrogen and oxygen atoms in total. The summed E-state index contributed by atoms with van der Waals surface area (Å²) >= 11 is 0. The fraction of sp³-hybridized carbons (Fsp3) is 0.917. The zero-order valence-electron chi connectivity index (χ0n) is 10.9. The highest BCUT2D eigenvalue weighted by Crippen LogP contribution is 2.14. The van der Waals surface area contributed by atoms with Crippen molar-refractivity contribution < 1.29 is 4.79 Å². The number of carbonyl (C=O) groups is 1. The highest BCUT2D eigenvalue weighted by atomic mass is 16.2. The third kappa shape index (κ3) is 3.19. The Morgan fingerprint density at radius 3 is 2.56 bits per heavy atom. The largest absolute Gasteiger partial charge is 0.341 e. The van der Waals surface area contributed by atoms with Crippen LogP contribution in [-0.4, -0.2) is 55.0 Å². The van der Waals surface area contributed by atoms with Gasteiger partial charge in [0.15, 0.2) is 0 Å². The summed E-state index contributed by atoms with van der Waals surface area (Å²) in [5, 5.41) is 0. The fourth-order valence-corrected chi connectivity index (χ4v) is 2.43. The molecule has 2 N–H and O–H groups in total. The van der Waals surface area contributed by atoms with Crippen molar-refractivity contribution in [3.63, 3.8) is 0 Å². The van der Waals surface area contributed by atoms with E-state index in [1.807, 2.05) is 11.9 Å².